The van der Waals surface area contributed by atoms with Gasteiger partial charge in [0.2, 0.25) is 0 Å². The molecular formula is C11H15BrMgO2. The van der Waals surface area contributed by atoms with Crippen LogP contribution in [0.25, 0.3) is 0 Å². The van der Waals surface area contributed by atoms with Crippen LogP contribution in [-0.2, 0) is 9.47 Å². The summed E-state index contributed by atoms with van der Waals surface area (Å²) in [6.07, 6.45) is -0.232. The van der Waals surface area contributed by atoms with Gasteiger partial charge >= 0.3 is 23.1 Å². The van der Waals surface area contributed by atoms with Crippen molar-refractivity contribution in [2.75, 3.05) is 13.2 Å². The van der Waals surface area contributed by atoms with Gasteiger partial charge in [0.1, 0.15) is 0 Å². The van der Waals surface area contributed by atoms with Gasteiger partial charge in [0, 0.05) is 13.2 Å². The van der Waals surface area contributed by atoms with Crippen LogP contribution in [0.2, 0.25) is 0 Å². The van der Waals surface area contributed by atoms with Crippen LogP contribution in [0.3, 0.4) is 0 Å². The second kappa shape index (κ2) is 10.9. The molecule has 0 aliphatic heterocycles. The maximum atomic E-state index is 5.43. The van der Waals surface area contributed by atoms with E-state index in [0.717, 1.165) is 5.56 Å². The molecule has 0 heterocycles. The van der Waals surface area contributed by atoms with Crippen LogP contribution in [-0.4, -0.2) is 36.3 Å². The Morgan fingerprint density at radius 2 is 1.60 bits per heavy atom. The van der Waals surface area contributed by atoms with Crippen molar-refractivity contribution >= 4 is 23.1 Å². The Hall–Kier alpha value is 0.386. The molecule has 0 aliphatic carbocycles. The van der Waals surface area contributed by atoms with E-state index in [0.29, 0.717) is 13.2 Å². The summed E-state index contributed by atoms with van der Waals surface area (Å²) in [5, 5.41) is 0. The van der Waals surface area contributed by atoms with Gasteiger partial charge in [-0.1, -0.05) is 0 Å². The Labute approximate surface area is 118 Å². The fraction of sp³-hybridized carbons (Fsp3) is 0.455. The number of hydrogen-bond acceptors (Lipinski definition) is 2. The molecule has 0 atom stereocenters. The fourth-order valence-corrected chi connectivity index (χ4v) is 1.10. The van der Waals surface area contributed by atoms with E-state index in [9.17, 15) is 0 Å². The molecule has 4 heteroatoms. The van der Waals surface area contributed by atoms with Crippen LogP contribution in [0.15, 0.2) is 24.3 Å². The Morgan fingerprint density at radius 1 is 1.13 bits per heavy atom. The molecule has 0 amide bonds. The van der Waals surface area contributed by atoms with Gasteiger partial charge in [-0.3, -0.25) is 0 Å². The summed E-state index contributed by atoms with van der Waals surface area (Å²) >= 11 is 0. The molecule has 0 saturated heterocycles. The van der Waals surface area contributed by atoms with Crippen LogP contribution >= 0.6 is 0 Å². The second-order valence-electron chi connectivity index (χ2n) is 2.58. The zero-order valence-corrected chi connectivity index (χ0v) is 12.2. The molecule has 0 radical (unpaired) electrons. The van der Waals surface area contributed by atoms with Gasteiger partial charge in [-0.15, -0.1) is 5.56 Å². The van der Waals surface area contributed by atoms with Crippen molar-refractivity contribution in [2.24, 2.45) is 0 Å². The second-order valence-corrected chi connectivity index (χ2v) is 2.58. The van der Waals surface area contributed by atoms with Crippen molar-refractivity contribution in [2.45, 2.75) is 20.1 Å². The third-order valence-electron chi connectivity index (χ3n) is 1.65. The third kappa shape index (κ3) is 6.53. The predicted molar refractivity (Wildman–Crippen MR) is 57.0 cm³/mol. The molecule has 0 N–H and O–H groups in total. The number of hydrogen-bond donors (Lipinski definition) is 0. The summed E-state index contributed by atoms with van der Waals surface area (Å²) in [6.45, 7) is 5.23. The van der Waals surface area contributed by atoms with E-state index >= 15 is 0 Å². The van der Waals surface area contributed by atoms with Crippen molar-refractivity contribution in [1.82, 2.24) is 0 Å². The van der Waals surface area contributed by atoms with Crippen molar-refractivity contribution in [3.63, 3.8) is 0 Å². The van der Waals surface area contributed by atoms with Gasteiger partial charge in [0.05, 0.1) is 0 Å². The summed E-state index contributed by atoms with van der Waals surface area (Å²) < 4.78 is 10.9. The fourth-order valence-electron chi connectivity index (χ4n) is 1.10. The minimum Gasteiger partial charge on any atom is -1.00 e. The number of ether oxygens (including phenoxy) is 2. The van der Waals surface area contributed by atoms with Gasteiger partial charge in [0.15, 0.2) is 6.29 Å². The molecule has 0 aromatic heterocycles. The van der Waals surface area contributed by atoms with Crippen molar-refractivity contribution in [1.29, 1.82) is 0 Å². The first-order chi connectivity index (χ1) is 6.38. The summed E-state index contributed by atoms with van der Waals surface area (Å²) in [5.74, 6) is 0. The zero-order chi connectivity index (χ0) is 9.52. The molecule has 80 valence electrons. The molecule has 0 unspecified atom stereocenters. The van der Waals surface area contributed by atoms with E-state index in [-0.39, 0.29) is 46.3 Å². The van der Waals surface area contributed by atoms with E-state index in [4.69, 9.17) is 9.47 Å². The average molecular weight is 283 g/mol. The van der Waals surface area contributed by atoms with Crippen LogP contribution in [0.4, 0.5) is 0 Å². The summed E-state index contributed by atoms with van der Waals surface area (Å²) in [5.41, 5.74) is 1.04. The molecule has 0 saturated carbocycles. The molecule has 2 nitrogen and oxygen atoms in total. The predicted octanol–water partition coefficient (Wildman–Crippen LogP) is -0.818. The normalized spacial score (nSPS) is 9.27. The van der Waals surface area contributed by atoms with Crippen molar-refractivity contribution in [3.05, 3.63) is 35.9 Å². The molecule has 0 bridgehead atoms. The topological polar surface area (TPSA) is 18.5 Å². The largest absolute Gasteiger partial charge is 2.00 e. The Bertz CT molecular complexity index is 225. The van der Waals surface area contributed by atoms with E-state index in [1.54, 1.807) is 0 Å². The monoisotopic (exact) mass is 282 g/mol. The van der Waals surface area contributed by atoms with E-state index in [1.807, 2.05) is 38.1 Å². The first-order valence-corrected chi connectivity index (χ1v) is 4.57. The minimum absolute atomic E-state index is 0. The Kier molecular flexibility index (Phi) is 12.9. The van der Waals surface area contributed by atoms with Gasteiger partial charge in [-0.05, 0) is 13.8 Å². The van der Waals surface area contributed by atoms with E-state index in [2.05, 4.69) is 6.07 Å². The Morgan fingerprint density at radius 3 is 2.00 bits per heavy atom. The molecular weight excluding hydrogens is 268 g/mol. The van der Waals surface area contributed by atoms with Gasteiger partial charge in [-0.2, -0.15) is 30.3 Å². The van der Waals surface area contributed by atoms with E-state index < -0.39 is 0 Å². The first-order valence-electron chi connectivity index (χ1n) is 4.57. The average Bonchev–Trinajstić information content (AvgIpc) is 2.19. The van der Waals surface area contributed by atoms with Crippen LogP contribution < -0.4 is 17.0 Å². The minimum atomic E-state index is -0.232. The smallest absolute Gasteiger partial charge is 1.00 e. The quantitative estimate of drug-likeness (QED) is 0.399. The van der Waals surface area contributed by atoms with E-state index in [1.165, 1.54) is 0 Å². The molecule has 1 aromatic rings. The van der Waals surface area contributed by atoms with Crippen LogP contribution in [0, 0.1) is 6.07 Å². The number of benzene rings is 1. The molecule has 15 heavy (non-hydrogen) atoms. The molecule has 0 aliphatic rings. The Balaban J connectivity index is 0. The molecule has 0 spiro atoms. The summed E-state index contributed by atoms with van der Waals surface area (Å²) in [7, 11) is 0. The molecule has 1 aromatic carbocycles. The van der Waals surface area contributed by atoms with Crippen LogP contribution in [0.5, 0.6) is 0 Å². The first kappa shape index (κ1) is 17.8. The van der Waals surface area contributed by atoms with Gasteiger partial charge in [0.25, 0.3) is 0 Å². The van der Waals surface area contributed by atoms with Gasteiger partial charge in [-0.25, -0.2) is 0 Å². The number of rotatable bonds is 5. The maximum absolute atomic E-state index is 5.43. The number of halogens is 1. The standard InChI is InChI=1S/C11H15O2.BrH.Mg/c1-3-12-11(13-4-2)10-8-6-5-7-9-10;;/h6-9,11H,3-4H2,1-2H3;1H;/q-1;;+2/p-1. The van der Waals surface area contributed by atoms with Crippen molar-refractivity contribution in [3.8, 4) is 0 Å². The molecule has 0 fully saturated rings. The third-order valence-corrected chi connectivity index (χ3v) is 1.65. The van der Waals surface area contributed by atoms with Crippen molar-refractivity contribution < 1.29 is 26.5 Å². The molecule has 1 rings (SSSR count). The summed E-state index contributed by atoms with van der Waals surface area (Å²) in [4.78, 5) is 0. The maximum Gasteiger partial charge on any atom is 2.00 e. The van der Waals surface area contributed by atoms with Crippen LogP contribution in [0.1, 0.15) is 25.7 Å². The zero-order valence-electron chi connectivity index (χ0n) is 9.20. The summed E-state index contributed by atoms with van der Waals surface area (Å²) in [6, 6.07) is 10.6. The van der Waals surface area contributed by atoms with Gasteiger partial charge < -0.3 is 26.5 Å². The SMILES string of the molecule is CCOC(OCC)c1cc[c-]cc1.[Br-].[Mg+2].